The Kier molecular flexibility index (Phi) is 2.20. The molecule has 2 rings (SSSR count). The lowest BCUT2D eigenvalue weighted by atomic mass is 10.1. The Morgan fingerprint density at radius 3 is 2.80 bits per heavy atom. The van der Waals surface area contributed by atoms with E-state index >= 15 is 0 Å². The number of anilines is 1. The number of fused-ring (bicyclic) bond motifs is 1. The quantitative estimate of drug-likeness (QED) is 0.694. The van der Waals surface area contributed by atoms with E-state index < -0.39 is 0 Å². The molecule has 3 nitrogen and oxygen atoms in total. The number of benzene rings is 1. The van der Waals surface area contributed by atoms with Gasteiger partial charge in [0.25, 0.3) is 0 Å². The van der Waals surface area contributed by atoms with E-state index in [1.165, 1.54) is 0 Å². The fraction of sp³-hybridized carbons (Fsp3) is 0.333. The Bertz CT molecular complexity index is 457. The summed E-state index contributed by atoms with van der Waals surface area (Å²) < 4.78 is 0. The summed E-state index contributed by atoms with van der Waals surface area (Å²) in [4.78, 5) is 13.5. The van der Waals surface area contributed by atoms with Crippen molar-refractivity contribution in [1.82, 2.24) is 0 Å². The summed E-state index contributed by atoms with van der Waals surface area (Å²) in [6.45, 7) is 3.98. The van der Waals surface area contributed by atoms with Crippen LogP contribution in [0.3, 0.4) is 0 Å². The first-order chi connectivity index (χ1) is 7.13. The Hall–Kier alpha value is -1.82. The summed E-state index contributed by atoms with van der Waals surface area (Å²) >= 11 is 0. The highest BCUT2D eigenvalue weighted by molar-refractivity contribution is 6.01. The molecule has 1 aromatic rings. The van der Waals surface area contributed by atoms with Gasteiger partial charge in [0.2, 0.25) is 5.91 Å². The molecule has 0 aromatic heterocycles. The van der Waals surface area contributed by atoms with Crippen LogP contribution in [0.2, 0.25) is 0 Å². The number of nitriles is 1. The first-order valence-corrected chi connectivity index (χ1v) is 4.98. The molecule has 0 N–H and O–H groups in total. The predicted molar refractivity (Wildman–Crippen MR) is 57.5 cm³/mol. The third-order valence-corrected chi connectivity index (χ3v) is 2.59. The van der Waals surface area contributed by atoms with Gasteiger partial charge in [0.15, 0.2) is 0 Å². The zero-order chi connectivity index (χ0) is 11.0. The molecule has 15 heavy (non-hydrogen) atoms. The number of hydrogen-bond acceptors (Lipinski definition) is 2. The van der Waals surface area contributed by atoms with Gasteiger partial charge in [0, 0.05) is 11.7 Å². The van der Waals surface area contributed by atoms with E-state index in [1.807, 2.05) is 19.9 Å². The van der Waals surface area contributed by atoms with Gasteiger partial charge < -0.3 is 4.90 Å². The third-order valence-electron chi connectivity index (χ3n) is 2.59. The van der Waals surface area contributed by atoms with E-state index in [9.17, 15) is 4.79 Å². The van der Waals surface area contributed by atoms with Crippen LogP contribution in [0.25, 0.3) is 0 Å². The fourth-order valence-corrected chi connectivity index (χ4v) is 1.98. The van der Waals surface area contributed by atoms with Crippen molar-refractivity contribution in [3.8, 4) is 6.07 Å². The van der Waals surface area contributed by atoms with Crippen LogP contribution in [0.1, 0.15) is 25.0 Å². The van der Waals surface area contributed by atoms with Crippen LogP contribution < -0.4 is 4.90 Å². The number of hydrogen-bond donors (Lipinski definition) is 0. The molecule has 0 unspecified atom stereocenters. The topological polar surface area (TPSA) is 44.1 Å². The van der Waals surface area contributed by atoms with Crippen LogP contribution in [0.5, 0.6) is 0 Å². The number of rotatable bonds is 1. The van der Waals surface area contributed by atoms with E-state index in [0.717, 1.165) is 11.3 Å². The molecule has 0 atom stereocenters. The predicted octanol–water partition coefficient (Wildman–Crippen LogP) is 1.86. The molecule has 0 saturated heterocycles. The van der Waals surface area contributed by atoms with Gasteiger partial charge in [0.1, 0.15) is 0 Å². The fourth-order valence-electron chi connectivity index (χ4n) is 1.98. The summed E-state index contributed by atoms with van der Waals surface area (Å²) in [6, 6.07) is 7.68. The SMILES string of the molecule is CC(C)N1C(=O)Cc2cc(C#N)ccc21. The van der Waals surface area contributed by atoms with Gasteiger partial charge in [-0.2, -0.15) is 5.26 Å². The van der Waals surface area contributed by atoms with Crippen LogP contribution in [0, 0.1) is 11.3 Å². The Balaban J connectivity index is 2.48. The monoisotopic (exact) mass is 200 g/mol. The van der Waals surface area contributed by atoms with E-state index in [1.54, 1.807) is 17.0 Å². The maximum atomic E-state index is 11.7. The zero-order valence-electron chi connectivity index (χ0n) is 8.82. The van der Waals surface area contributed by atoms with Crippen molar-refractivity contribution < 1.29 is 4.79 Å². The molecule has 1 heterocycles. The number of amides is 1. The van der Waals surface area contributed by atoms with Crippen molar-refractivity contribution in [2.45, 2.75) is 26.3 Å². The second-order valence-electron chi connectivity index (χ2n) is 3.99. The summed E-state index contributed by atoms with van der Waals surface area (Å²) in [7, 11) is 0. The third kappa shape index (κ3) is 1.48. The first kappa shape index (κ1) is 9.72. The van der Waals surface area contributed by atoms with Crippen LogP contribution in [0.4, 0.5) is 5.69 Å². The molecular weight excluding hydrogens is 188 g/mol. The molecule has 1 amide bonds. The van der Waals surface area contributed by atoms with Crippen molar-refractivity contribution in [2.75, 3.05) is 4.90 Å². The minimum absolute atomic E-state index is 0.120. The van der Waals surface area contributed by atoms with Gasteiger partial charge in [-0.1, -0.05) is 0 Å². The van der Waals surface area contributed by atoms with Gasteiger partial charge in [0.05, 0.1) is 18.1 Å². The highest BCUT2D eigenvalue weighted by Crippen LogP contribution is 2.30. The number of carbonyl (C=O) groups is 1. The van der Waals surface area contributed by atoms with Crippen molar-refractivity contribution in [1.29, 1.82) is 5.26 Å². The second-order valence-corrected chi connectivity index (χ2v) is 3.99. The van der Waals surface area contributed by atoms with Crippen molar-refractivity contribution in [3.63, 3.8) is 0 Å². The average Bonchev–Trinajstić information content (AvgIpc) is 2.52. The lowest BCUT2D eigenvalue weighted by molar-refractivity contribution is -0.117. The smallest absolute Gasteiger partial charge is 0.231 e. The Morgan fingerprint density at radius 2 is 2.20 bits per heavy atom. The lowest BCUT2D eigenvalue weighted by Gasteiger charge is -2.21. The molecule has 0 spiro atoms. The molecular formula is C12H12N2O. The number of carbonyl (C=O) groups excluding carboxylic acids is 1. The van der Waals surface area contributed by atoms with Crippen LogP contribution in [-0.2, 0) is 11.2 Å². The van der Waals surface area contributed by atoms with Crippen molar-refractivity contribution in [3.05, 3.63) is 29.3 Å². The van der Waals surface area contributed by atoms with Gasteiger partial charge in [-0.15, -0.1) is 0 Å². The number of nitrogens with zero attached hydrogens (tertiary/aromatic N) is 2. The minimum Gasteiger partial charge on any atom is -0.309 e. The van der Waals surface area contributed by atoms with Gasteiger partial charge >= 0.3 is 0 Å². The Labute approximate surface area is 88.9 Å². The summed E-state index contributed by atoms with van der Waals surface area (Å²) in [5.74, 6) is 0.120. The first-order valence-electron chi connectivity index (χ1n) is 4.98. The summed E-state index contributed by atoms with van der Waals surface area (Å²) in [5, 5.41) is 8.76. The van der Waals surface area contributed by atoms with Crippen LogP contribution in [-0.4, -0.2) is 11.9 Å². The van der Waals surface area contributed by atoms with Crippen molar-refractivity contribution >= 4 is 11.6 Å². The van der Waals surface area contributed by atoms with Gasteiger partial charge in [-0.25, -0.2) is 0 Å². The molecule has 76 valence electrons. The molecule has 1 aliphatic rings. The standard InChI is InChI=1S/C12H12N2O/c1-8(2)14-11-4-3-9(7-13)5-10(11)6-12(14)15/h3-5,8H,6H2,1-2H3. The highest BCUT2D eigenvalue weighted by Gasteiger charge is 2.28. The molecule has 0 fully saturated rings. The molecule has 1 aromatic carbocycles. The molecule has 0 saturated carbocycles. The zero-order valence-corrected chi connectivity index (χ0v) is 8.82. The maximum absolute atomic E-state index is 11.7. The van der Waals surface area contributed by atoms with E-state index in [2.05, 4.69) is 6.07 Å². The molecule has 0 aliphatic carbocycles. The molecule has 1 aliphatic heterocycles. The van der Waals surface area contributed by atoms with E-state index in [4.69, 9.17) is 5.26 Å². The molecule has 0 radical (unpaired) electrons. The highest BCUT2D eigenvalue weighted by atomic mass is 16.2. The van der Waals surface area contributed by atoms with E-state index in [0.29, 0.717) is 12.0 Å². The lowest BCUT2D eigenvalue weighted by Crippen LogP contribution is -2.33. The van der Waals surface area contributed by atoms with Gasteiger partial charge in [-0.3, -0.25) is 4.79 Å². The summed E-state index contributed by atoms with van der Waals surface area (Å²) in [6.07, 6.45) is 0.420. The molecule has 3 heteroatoms. The largest absolute Gasteiger partial charge is 0.309 e. The second kappa shape index (κ2) is 3.39. The van der Waals surface area contributed by atoms with Gasteiger partial charge in [-0.05, 0) is 37.6 Å². The normalized spacial score (nSPS) is 14.3. The Morgan fingerprint density at radius 1 is 1.47 bits per heavy atom. The summed E-state index contributed by atoms with van der Waals surface area (Å²) in [5.41, 5.74) is 2.54. The minimum atomic E-state index is 0.120. The average molecular weight is 200 g/mol. The maximum Gasteiger partial charge on any atom is 0.231 e. The van der Waals surface area contributed by atoms with Crippen LogP contribution in [0.15, 0.2) is 18.2 Å². The molecule has 0 bridgehead atoms. The van der Waals surface area contributed by atoms with Crippen molar-refractivity contribution in [2.24, 2.45) is 0 Å². The van der Waals surface area contributed by atoms with Crippen LogP contribution >= 0.6 is 0 Å². The van der Waals surface area contributed by atoms with E-state index in [-0.39, 0.29) is 11.9 Å².